The maximum Gasteiger partial charge on any atom is 0.247 e. The molecule has 6 atom stereocenters. The number of hydrogen-bond acceptors (Lipinski definition) is 7. The van der Waals surface area contributed by atoms with Crippen LogP contribution in [-0.2, 0) is 25.8 Å². The zero-order valence-electron chi connectivity index (χ0n) is 21.9. The summed E-state index contributed by atoms with van der Waals surface area (Å²) in [6, 6.07) is 14.9. The van der Waals surface area contributed by atoms with Crippen molar-refractivity contribution in [2.45, 2.75) is 63.1 Å². The van der Waals surface area contributed by atoms with Crippen LogP contribution in [0.4, 0.5) is 5.69 Å². The number of likely N-dealkylation sites (tertiary alicyclic amines) is 1. The Morgan fingerprint density at radius 3 is 2.62 bits per heavy atom. The van der Waals surface area contributed by atoms with Crippen molar-refractivity contribution in [1.82, 2.24) is 25.2 Å². The fourth-order valence-electron chi connectivity index (χ4n) is 6.90. The number of carbonyl (C=O) groups excluding carboxylic acids is 3. The highest BCUT2D eigenvalue weighted by molar-refractivity contribution is 6.02. The maximum absolute atomic E-state index is 14.1. The topological polar surface area (TPSA) is 139 Å². The molecule has 0 aliphatic carbocycles. The van der Waals surface area contributed by atoms with Gasteiger partial charge in [0.25, 0.3) is 0 Å². The molecule has 2 bridgehead atoms. The largest absolute Gasteiger partial charge is 0.394 e. The van der Waals surface area contributed by atoms with Crippen molar-refractivity contribution in [1.29, 1.82) is 0 Å². The first-order valence-corrected chi connectivity index (χ1v) is 13.4. The van der Waals surface area contributed by atoms with Gasteiger partial charge in [0.05, 0.1) is 35.6 Å². The first-order chi connectivity index (χ1) is 18.8. The Hall–Kier alpha value is -3.83. The minimum Gasteiger partial charge on any atom is -0.394 e. The molecule has 3 saturated heterocycles. The van der Waals surface area contributed by atoms with Gasteiger partial charge < -0.3 is 25.4 Å². The fraction of sp³-hybridized carbons (Fsp3) is 0.464. The summed E-state index contributed by atoms with van der Waals surface area (Å²) in [6.45, 7) is 3.45. The van der Waals surface area contributed by atoms with Crippen LogP contribution in [-0.4, -0.2) is 72.6 Å². The molecule has 1 aromatic heterocycles. The second-order valence-corrected chi connectivity index (χ2v) is 10.8. The van der Waals surface area contributed by atoms with Gasteiger partial charge in [0.1, 0.15) is 23.8 Å². The van der Waals surface area contributed by atoms with E-state index in [1.807, 2.05) is 56.3 Å². The number of fused-ring (bicyclic) bond motifs is 2. The highest BCUT2D eigenvalue weighted by Gasteiger charge is 2.78. The van der Waals surface area contributed by atoms with Crippen molar-refractivity contribution in [3.63, 3.8) is 0 Å². The Morgan fingerprint density at radius 2 is 1.87 bits per heavy atom. The van der Waals surface area contributed by atoms with Gasteiger partial charge in [-0.05, 0) is 50.5 Å². The number of aliphatic hydroxyl groups excluding tert-OH is 1. The second-order valence-electron chi connectivity index (χ2n) is 10.8. The smallest absolute Gasteiger partial charge is 0.247 e. The minimum atomic E-state index is -1.18. The van der Waals surface area contributed by atoms with Gasteiger partial charge >= 0.3 is 0 Å². The van der Waals surface area contributed by atoms with Crippen LogP contribution >= 0.6 is 0 Å². The van der Waals surface area contributed by atoms with Gasteiger partial charge in [-0.15, -0.1) is 5.10 Å². The summed E-state index contributed by atoms with van der Waals surface area (Å²) in [5.41, 5.74) is 0.0148. The van der Waals surface area contributed by atoms with E-state index in [1.54, 1.807) is 16.8 Å². The third-order valence-corrected chi connectivity index (χ3v) is 8.69. The lowest BCUT2D eigenvalue weighted by molar-refractivity contribution is -0.149. The molecule has 204 valence electrons. The van der Waals surface area contributed by atoms with Crippen LogP contribution in [0.15, 0.2) is 54.6 Å². The number of amides is 3. The van der Waals surface area contributed by atoms with E-state index < -0.39 is 41.0 Å². The SMILES string of the molecule is CC[C@@H](CO)N1C(=O)[C@@H]2[C@H](C(=O)Nc3ccccc3)[C@]3(C)CCC2(O3)C1C(=O)NCn1nnc2ccccc21. The summed E-state index contributed by atoms with van der Waals surface area (Å²) in [7, 11) is 0. The predicted octanol–water partition coefficient (Wildman–Crippen LogP) is 1.68. The van der Waals surface area contributed by atoms with Gasteiger partial charge in [-0.25, -0.2) is 4.68 Å². The molecule has 1 spiro atoms. The standard InChI is InChI=1S/C28H32N6O5/c1-3-18(15-35)34-23(25(37)29-16-33-20-12-8-7-11-19(20)31-32-33)28-14-13-27(2,39-28)21(22(28)26(34)38)24(36)30-17-9-5-4-6-10-17/h4-12,18,21-23,35H,3,13-16H2,1-2H3,(H,29,37)(H,30,36)/t18-,21+,22-,23?,27-,28?/m0/s1. The molecule has 3 amide bonds. The van der Waals surface area contributed by atoms with E-state index in [4.69, 9.17) is 4.74 Å². The van der Waals surface area contributed by atoms with Crippen LogP contribution < -0.4 is 10.6 Å². The molecule has 3 fully saturated rings. The van der Waals surface area contributed by atoms with E-state index in [9.17, 15) is 19.5 Å². The van der Waals surface area contributed by atoms with Crippen LogP contribution in [0.1, 0.15) is 33.1 Å². The van der Waals surface area contributed by atoms with Crippen LogP contribution in [0, 0.1) is 11.8 Å². The third kappa shape index (κ3) is 3.82. The zero-order valence-corrected chi connectivity index (χ0v) is 21.9. The number of aromatic nitrogens is 3. The lowest BCUT2D eigenvalue weighted by atomic mass is 9.66. The van der Waals surface area contributed by atoms with Crippen molar-refractivity contribution in [3.8, 4) is 0 Å². The van der Waals surface area contributed by atoms with Crippen molar-refractivity contribution < 1.29 is 24.2 Å². The number of hydrogen-bond donors (Lipinski definition) is 3. The maximum atomic E-state index is 14.1. The average molecular weight is 533 g/mol. The van der Waals surface area contributed by atoms with Crippen LogP contribution in [0.3, 0.4) is 0 Å². The molecule has 3 N–H and O–H groups in total. The second kappa shape index (κ2) is 9.42. The number of ether oxygens (including phenoxy) is 1. The van der Waals surface area contributed by atoms with E-state index in [-0.39, 0.29) is 25.1 Å². The average Bonchev–Trinajstić information content (AvgIpc) is 3.64. The summed E-state index contributed by atoms with van der Waals surface area (Å²) in [4.78, 5) is 43.2. The van der Waals surface area contributed by atoms with E-state index in [0.29, 0.717) is 30.5 Å². The highest BCUT2D eigenvalue weighted by Crippen LogP contribution is 2.63. The fourth-order valence-corrected chi connectivity index (χ4v) is 6.90. The number of benzene rings is 2. The molecule has 6 rings (SSSR count). The van der Waals surface area contributed by atoms with Gasteiger partial charge in [0, 0.05) is 5.69 Å². The number of carbonyl (C=O) groups is 3. The minimum absolute atomic E-state index is 0.0454. The summed E-state index contributed by atoms with van der Waals surface area (Å²) in [5, 5.41) is 24.3. The molecule has 11 heteroatoms. The summed E-state index contributed by atoms with van der Waals surface area (Å²) >= 11 is 0. The number of rotatable bonds is 8. The molecule has 3 aromatic rings. The first kappa shape index (κ1) is 25.4. The van der Waals surface area contributed by atoms with E-state index in [2.05, 4.69) is 20.9 Å². The van der Waals surface area contributed by atoms with Crippen LogP contribution in [0.25, 0.3) is 11.0 Å². The van der Waals surface area contributed by atoms with E-state index in [0.717, 1.165) is 5.52 Å². The normalized spacial score (nSPS) is 30.0. The first-order valence-electron chi connectivity index (χ1n) is 13.4. The Kier molecular flexibility index (Phi) is 6.15. The third-order valence-electron chi connectivity index (χ3n) is 8.69. The summed E-state index contributed by atoms with van der Waals surface area (Å²) < 4.78 is 8.20. The lowest BCUT2D eigenvalue weighted by Gasteiger charge is -2.36. The molecular weight excluding hydrogens is 500 g/mol. The molecule has 0 radical (unpaired) electrons. The van der Waals surface area contributed by atoms with Crippen molar-refractivity contribution in [2.24, 2.45) is 11.8 Å². The van der Waals surface area contributed by atoms with Crippen molar-refractivity contribution in [3.05, 3.63) is 54.6 Å². The number of nitrogens with zero attached hydrogens (tertiary/aromatic N) is 4. The Bertz CT molecular complexity index is 1420. The molecule has 3 aliphatic rings. The lowest BCUT2D eigenvalue weighted by Crippen LogP contribution is -2.58. The Labute approximate surface area is 225 Å². The van der Waals surface area contributed by atoms with Crippen molar-refractivity contribution in [2.75, 3.05) is 11.9 Å². The van der Waals surface area contributed by atoms with Gasteiger partial charge in [-0.2, -0.15) is 0 Å². The van der Waals surface area contributed by atoms with E-state index in [1.165, 1.54) is 4.90 Å². The van der Waals surface area contributed by atoms with Crippen LogP contribution in [0.5, 0.6) is 0 Å². The predicted molar refractivity (Wildman–Crippen MR) is 141 cm³/mol. The van der Waals surface area contributed by atoms with Gasteiger partial charge in [-0.3, -0.25) is 14.4 Å². The van der Waals surface area contributed by atoms with Crippen LogP contribution in [0.2, 0.25) is 0 Å². The molecule has 2 aromatic carbocycles. The highest BCUT2D eigenvalue weighted by atomic mass is 16.5. The Balaban J connectivity index is 1.33. The zero-order chi connectivity index (χ0) is 27.4. The molecule has 4 heterocycles. The monoisotopic (exact) mass is 532 g/mol. The summed E-state index contributed by atoms with van der Waals surface area (Å²) in [6.07, 6.45) is 1.43. The van der Waals surface area contributed by atoms with Gasteiger partial charge in [-0.1, -0.05) is 42.5 Å². The molecule has 11 nitrogen and oxygen atoms in total. The summed E-state index contributed by atoms with van der Waals surface area (Å²) in [5.74, 6) is -2.68. The molecule has 3 aliphatic heterocycles. The number of para-hydroxylation sites is 2. The molecular formula is C28H32N6O5. The molecule has 2 unspecified atom stereocenters. The van der Waals surface area contributed by atoms with Gasteiger partial charge in [0.2, 0.25) is 17.7 Å². The number of anilines is 1. The number of aliphatic hydroxyl groups is 1. The number of nitrogens with one attached hydrogen (secondary N) is 2. The van der Waals surface area contributed by atoms with Gasteiger partial charge in [0.15, 0.2) is 0 Å². The molecule has 0 saturated carbocycles. The molecule has 39 heavy (non-hydrogen) atoms. The van der Waals surface area contributed by atoms with E-state index >= 15 is 0 Å². The quantitative estimate of drug-likeness (QED) is 0.401. The van der Waals surface area contributed by atoms with Crippen molar-refractivity contribution >= 4 is 34.4 Å². The Morgan fingerprint density at radius 1 is 1.13 bits per heavy atom.